The highest BCUT2D eigenvalue weighted by molar-refractivity contribution is 7.10. The second kappa shape index (κ2) is 6.29. The Balaban J connectivity index is 1.57. The molecule has 0 saturated carbocycles. The number of esters is 1. The van der Waals surface area contributed by atoms with Crippen LogP contribution in [0.4, 0.5) is 0 Å². The summed E-state index contributed by atoms with van der Waals surface area (Å²) in [4.78, 5) is 13.0. The molecule has 5 heteroatoms. The van der Waals surface area contributed by atoms with Crippen LogP contribution in [0.2, 0.25) is 0 Å². The van der Waals surface area contributed by atoms with Crippen molar-refractivity contribution in [3.8, 4) is 17.0 Å². The molecule has 0 unspecified atom stereocenters. The van der Waals surface area contributed by atoms with Gasteiger partial charge >= 0.3 is 5.97 Å². The molecule has 0 fully saturated rings. The molecule has 0 amide bonds. The van der Waals surface area contributed by atoms with Crippen molar-refractivity contribution < 1.29 is 14.1 Å². The fourth-order valence-corrected chi connectivity index (χ4v) is 3.20. The quantitative estimate of drug-likeness (QED) is 0.400. The molecular formula is C19H13NO3S. The van der Waals surface area contributed by atoms with Gasteiger partial charge in [0.05, 0.1) is 6.42 Å². The van der Waals surface area contributed by atoms with Crippen LogP contribution in [0.15, 0.2) is 70.6 Å². The van der Waals surface area contributed by atoms with Gasteiger partial charge in [0.25, 0.3) is 0 Å². The maximum Gasteiger partial charge on any atom is 0.316 e. The first-order valence-corrected chi connectivity index (χ1v) is 8.35. The molecule has 0 saturated heterocycles. The average molecular weight is 335 g/mol. The maximum absolute atomic E-state index is 12.0. The van der Waals surface area contributed by atoms with Crippen molar-refractivity contribution in [1.29, 1.82) is 0 Å². The number of nitrogens with zero attached hydrogens (tertiary/aromatic N) is 1. The average Bonchev–Trinajstić information content (AvgIpc) is 3.24. The first kappa shape index (κ1) is 14.7. The largest absolute Gasteiger partial charge is 0.426 e. The minimum absolute atomic E-state index is 0.265. The van der Waals surface area contributed by atoms with Crippen molar-refractivity contribution in [2.45, 2.75) is 6.42 Å². The molecule has 24 heavy (non-hydrogen) atoms. The number of carbonyl (C=O) groups is 1. The molecule has 4 rings (SSSR count). The van der Waals surface area contributed by atoms with Gasteiger partial charge in [-0.3, -0.25) is 4.79 Å². The van der Waals surface area contributed by atoms with Crippen molar-refractivity contribution in [2.24, 2.45) is 0 Å². The van der Waals surface area contributed by atoms with E-state index in [1.807, 2.05) is 53.9 Å². The zero-order chi connectivity index (χ0) is 16.4. The van der Waals surface area contributed by atoms with E-state index in [1.54, 1.807) is 12.1 Å². The predicted octanol–water partition coefficient (Wildman–Crippen LogP) is 4.70. The van der Waals surface area contributed by atoms with Gasteiger partial charge in [-0.2, -0.15) is 0 Å². The molecule has 0 radical (unpaired) electrons. The van der Waals surface area contributed by atoms with Crippen molar-refractivity contribution in [3.63, 3.8) is 0 Å². The van der Waals surface area contributed by atoms with Gasteiger partial charge in [0.15, 0.2) is 5.58 Å². The van der Waals surface area contributed by atoms with Gasteiger partial charge in [0, 0.05) is 21.9 Å². The fraction of sp³-hybridized carbons (Fsp3) is 0.0526. The number of rotatable bonds is 4. The van der Waals surface area contributed by atoms with Crippen LogP contribution in [0.5, 0.6) is 5.75 Å². The van der Waals surface area contributed by atoms with E-state index in [0.29, 0.717) is 11.3 Å². The zero-order valence-corrected chi connectivity index (χ0v) is 13.5. The Labute approximate surface area is 142 Å². The van der Waals surface area contributed by atoms with Gasteiger partial charge in [-0.25, -0.2) is 0 Å². The van der Waals surface area contributed by atoms with Crippen molar-refractivity contribution in [2.75, 3.05) is 0 Å². The lowest BCUT2D eigenvalue weighted by atomic mass is 10.1. The van der Waals surface area contributed by atoms with E-state index in [0.717, 1.165) is 21.5 Å². The molecule has 2 heterocycles. The number of hydrogen-bond donors (Lipinski definition) is 0. The van der Waals surface area contributed by atoms with Crippen LogP contribution in [0.1, 0.15) is 4.88 Å². The van der Waals surface area contributed by atoms with Crippen molar-refractivity contribution >= 4 is 28.3 Å². The van der Waals surface area contributed by atoms with Gasteiger partial charge in [-0.1, -0.05) is 41.6 Å². The molecular weight excluding hydrogens is 322 g/mol. The maximum atomic E-state index is 12.0. The van der Waals surface area contributed by atoms with Gasteiger partial charge in [0.1, 0.15) is 11.4 Å². The molecule has 118 valence electrons. The Bertz CT molecular complexity index is 974. The van der Waals surface area contributed by atoms with Gasteiger partial charge in [-0.05, 0) is 23.6 Å². The molecule has 0 aliphatic heterocycles. The molecule has 0 spiro atoms. The van der Waals surface area contributed by atoms with E-state index >= 15 is 0 Å². The number of fused-ring (bicyclic) bond motifs is 1. The third kappa shape index (κ3) is 2.94. The summed E-state index contributed by atoms with van der Waals surface area (Å²) in [7, 11) is 0. The SMILES string of the molecule is O=C(Cc1cccs1)Oc1ccc2c(-c3ccccc3)noc2c1. The zero-order valence-electron chi connectivity index (χ0n) is 12.6. The van der Waals surface area contributed by atoms with E-state index < -0.39 is 0 Å². The number of aromatic nitrogens is 1. The number of hydrogen-bond acceptors (Lipinski definition) is 5. The number of carbonyl (C=O) groups excluding carboxylic acids is 1. The summed E-state index contributed by atoms with van der Waals surface area (Å²) in [6, 6.07) is 19.0. The second-order valence-corrected chi connectivity index (χ2v) is 6.32. The first-order valence-electron chi connectivity index (χ1n) is 7.47. The summed E-state index contributed by atoms with van der Waals surface area (Å²) in [5, 5.41) is 6.96. The van der Waals surface area contributed by atoms with Crippen LogP contribution < -0.4 is 4.74 Å². The first-order chi connectivity index (χ1) is 11.8. The Morgan fingerprint density at radius 2 is 1.96 bits per heavy atom. The fourth-order valence-electron chi connectivity index (χ4n) is 2.51. The number of thiophene rings is 1. The molecule has 2 aromatic carbocycles. The minimum Gasteiger partial charge on any atom is -0.426 e. The lowest BCUT2D eigenvalue weighted by molar-refractivity contribution is -0.133. The number of ether oxygens (including phenoxy) is 1. The van der Waals surface area contributed by atoms with E-state index in [-0.39, 0.29) is 12.4 Å². The minimum atomic E-state index is -0.292. The lowest BCUT2D eigenvalue weighted by Crippen LogP contribution is -2.10. The highest BCUT2D eigenvalue weighted by Crippen LogP contribution is 2.30. The molecule has 2 aromatic heterocycles. The molecule has 0 aliphatic rings. The second-order valence-electron chi connectivity index (χ2n) is 5.29. The molecule has 4 nitrogen and oxygen atoms in total. The van der Waals surface area contributed by atoms with Crippen molar-refractivity contribution in [1.82, 2.24) is 5.16 Å². The highest BCUT2D eigenvalue weighted by Gasteiger charge is 2.13. The van der Waals surface area contributed by atoms with Crippen LogP contribution in [0, 0.1) is 0 Å². The van der Waals surface area contributed by atoms with Crippen molar-refractivity contribution in [3.05, 3.63) is 70.9 Å². The third-order valence-electron chi connectivity index (χ3n) is 3.62. The normalized spacial score (nSPS) is 10.8. The topological polar surface area (TPSA) is 52.3 Å². The third-order valence-corrected chi connectivity index (χ3v) is 4.50. The van der Waals surface area contributed by atoms with E-state index in [1.165, 1.54) is 11.3 Å². The van der Waals surface area contributed by atoms with Crippen LogP contribution in [-0.4, -0.2) is 11.1 Å². The van der Waals surface area contributed by atoms with Gasteiger partial charge < -0.3 is 9.26 Å². The molecule has 0 N–H and O–H groups in total. The Morgan fingerprint density at radius 3 is 2.75 bits per heavy atom. The molecule has 0 aliphatic carbocycles. The van der Waals surface area contributed by atoms with Gasteiger partial charge in [-0.15, -0.1) is 11.3 Å². The van der Waals surface area contributed by atoms with E-state index in [4.69, 9.17) is 9.26 Å². The summed E-state index contributed by atoms with van der Waals surface area (Å²) in [5.74, 6) is 0.166. The predicted molar refractivity (Wildman–Crippen MR) is 93.1 cm³/mol. The van der Waals surface area contributed by atoms with E-state index in [9.17, 15) is 4.79 Å². The Morgan fingerprint density at radius 1 is 1.08 bits per heavy atom. The Hall–Kier alpha value is -2.92. The lowest BCUT2D eigenvalue weighted by Gasteiger charge is -2.03. The van der Waals surface area contributed by atoms with Crippen LogP contribution in [-0.2, 0) is 11.2 Å². The smallest absolute Gasteiger partial charge is 0.316 e. The summed E-state index contributed by atoms with van der Waals surface area (Å²) in [6.45, 7) is 0. The van der Waals surface area contributed by atoms with Crippen LogP contribution in [0.3, 0.4) is 0 Å². The molecule has 0 atom stereocenters. The highest BCUT2D eigenvalue weighted by atomic mass is 32.1. The van der Waals surface area contributed by atoms with Gasteiger partial charge in [0.2, 0.25) is 0 Å². The Kier molecular flexibility index (Phi) is 3.84. The summed E-state index contributed by atoms with van der Waals surface area (Å²) in [6.07, 6.45) is 0.265. The molecule has 0 bridgehead atoms. The number of benzene rings is 2. The van der Waals surface area contributed by atoms with Crippen LogP contribution in [0.25, 0.3) is 22.2 Å². The standard InChI is InChI=1S/C19H13NO3S/c21-18(12-15-7-4-10-24-15)22-14-8-9-16-17(11-14)23-20-19(16)13-5-2-1-3-6-13/h1-11H,12H2. The monoisotopic (exact) mass is 335 g/mol. The molecule has 4 aromatic rings. The van der Waals surface area contributed by atoms with Crippen LogP contribution >= 0.6 is 11.3 Å². The summed E-state index contributed by atoms with van der Waals surface area (Å²) >= 11 is 1.54. The summed E-state index contributed by atoms with van der Waals surface area (Å²) < 4.78 is 10.8. The summed E-state index contributed by atoms with van der Waals surface area (Å²) in [5.41, 5.74) is 2.36. The van der Waals surface area contributed by atoms with E-state index in [2.05, 4.69) is 5.16 Å².